The summed E-state index contributed by atoms with van der Waals surface area (Å²) < 4.78 is 5.81. The fourth-order valence-corrected chi connectivity index (χ4v) is 6.02. The number of hydrogen-bond acceptors (Lipinski definition) is 5. The van der Waals surface area contributed by atoms with Gasteiger partial charge < -0.3 is 25.8 Å². The Labute approximate surface area is 245 Å². The van der Waals surface area contributed by atoms with Crippen LogP contribution in [0.2, 0.25) is 0 Å². The van der Waals surface area contributed by atoms with Crippen LogP contribution >= 0.6 is 0 Å². The fourth-order valence-electron chi connectivity index (χ4n) is 6.02. The predicted octanol–water partition coefficient (Wildman–Crippen LogP) is 5.91. The minimum Gasteiger partial charge on any atom is -0.436 e. The number of fused-ring (bicyclic) bond motifs is 3. The second kappa shape index (κ2) is 12.2. The minimum atomic E-state index is -0.792. The van der Waals surface area contributed by atoms with Gasteiger partial charge in [0.15, 0.2) is 6.10 Å². The summed E-state index contributed by atoms with van der Waals surface area (Å²) in [5.41, 5.74) is 6.70. The lowest BCUT2D eigenvalue weighted by Crippen LogP contribution is -2.42. The third kappa shape index (κ3) is 5.93. The van der Waals surface area contributed by atoms with Crippen molar-refractivity contribution >= 4 is 17.7 Å². The molecule has 1 saturated heterocycles. The summed E-state index contributed by atoms with van der Waals surface area (Å²) in [7, 11) is 0. The standard InChI is InChI=1S/C35H35N3O4/c1-22(36-35(41)42-33-29-13-7-5-11-27(29)28-12-6-8-14-30(28)33)34(40)38-25-17-15-23(16-18-25)21-26-19-20-31(37-26)32(39)24-9-3-2-4-10-24/h2-18,22,26,31-33,37,39H,19-21H2,1H3,(H,36,41)(H,38,40)/t22-,26-,31+,32+/m0/s1. The molecule has 0 radical (unpaired) electrons. The van der Waals surface area contributed by atoms with Gasteiger partial charge in [-0.25, -0.2) is 4.79 Å². The van der Waals surface area contributed by atoms with Crippen molar-refractivity contribution in [2.45, 2.75) is 56.5 Å². The average molecular weight is 562 g/mol. The quantitative estimate of drug-likeness (QED) is 0.215. The van der Waals surface area contributed by atoms with Crippen LogP contribution in [-0.2, 0) is 16.0 Å². The first-order valence-electron chi connectivity index (χ1n) is 14.5. The van der Waals surface area contributed by atoms with Crippen LogP contribution in [0.15, 0.2) is 103 Å². The summed E-state index contributed by atoms with van der Waals surface area (Å²) >= 11 is 0. The summed E-state index contributed by atoms with van der Waals surface area (Å²) in [4.78, 5) is 25.7. The van der Waals surface area contributed by atoms with Gasteiger partial charge in [-0.05, 0) is 60.6 Å². The molecule has 0 aromatic heterocycles. The van der Waals surface area contributed by atoms with Crippen molar-refractivity contribution in [2.75, 3.05) is 5.32 Å². The van der Waals surface area contributed by atoms with Crippen molar-refractivity contribution in [2.24, 2.45) is 0 Å². The molecule has 4 aromatic carbocycles. The summed E-state index contributed by atoms with van der Waals surface area (Å²) in [6.45, 7) is 1.63. The Morgan fingerprint density at radius 1 is 0.857 bits per heavy atom. The zero-order valence-electron chi connectivity index (χ0n) is 23.5. The van der Waals surface area contributed by atoms with E-state index in [0.717, 1.165) is 52.6 Å². The molecular formula is C35H35N3O4. The Balaban J connectivity index is 0.991. The molecule has 1 aliphatic carbocycles. The molecule has 1 aliphatic heterocycles. The zero-order chi connectivity index (χ0) is 29.1. The van der Waals surface area contributed by atoms with E-state index < -0.39 is 24.3 Å². The van der Waals surface area contributed by atoms with Crippen molar-refractivity contribution in [3.63, 3.8) is 0 Å². The Bertz CT molecular complexity index is 1510. The highest BCUT2D eigenvalue weighted by Gasteiger charge is 2.32. The SMILES string of the molecule is C[C@H](NC(=O)OC1c2ccccc2-c2ccccc21)C(=O)Nc1ccc(C[C@@H]2CC[C@H]([C@H](O)c3ccccc3)N2)cc1. The zero-order valence-corrected chi connectivity index (χ0v) is 23.5. The summed E-state index contributed by atoms with van der Waals surface area (Å²) in [5, 5.41) is 19.9. The number of rotatable bonds is 8. The molecule has 4 atom stereocenters. The Hall–Kier alpha value is -4.46. The van der Waals surface area contributed by atoms with Gasteiger partial charge in [0.25, 0.3) is 0 Å². The number of carbonyl (C=O) groups is 2. The highest BCUT2D eigenvalue weighted by Crippen LogP contribution is 2.45. The Morgan fingerprint density at radius 2 is 1.48 bits per heavy atom. The maximum Gasteiger partial charge on any atom is 0.408 e. The Kier molecular flexibility index (Phi) is 8.04. The number of alkyl carbamates (subject to hydrolysis) is 1. The van der Waals surface area contributed by atoms with E-state index in [1.54, 1.807) is 6.92 Å². The molecule has 214 valence electrons. The van der Waals surface area contributed by atoms with E-state index in [4.69, 9.17) is 4.74 Å². The normalized spacial score (nSPS) is 18.9. The summed E-state index contributed by atoms with van der Waals surface area (Å²) in [5.74, 6) is -0.331. The molecular weight excluding hydrogens is 526 g/mol. The summed E-state index contributed by atoms with van der Waals surface area (Å²) in [6, 6.07) is 32.8. The highest BCUT2D eigenvalue weighted by molar-refractivity contribution is 5.96. The topological polar surface area (TPSA) is 99.7 Å². The van der Waals surface area contributed by atoms with Crippen LogP contribution in [0.1, 0.15) is 54.2 Å². The summed E-state index contributed by atoms with van der Waals surface area (Å²) in [6.07, 6.45) is 1.05. The molecule has 2 amide bonds. The molecule has 7 nitrogen and oxygen atoms in total. The third-order valence-electron chi connectivity index (χ3n) is 8.23. The van der Waals surface area contributed by atoms with Gasteiger partial charge in [-0.3, -0.25) is 4.79 Å². The third-order valence-corrected chi connectivity index (χ3v) is 8.23. The van der Waals surface area contributed by atoms with Crippen LogP contribution in [-0.4, -0.2) is 35.2 Å². The van der Waals surface area contributed by atoms with Gasteiger partial charge in [0.2, 0.25) is 5.91 Å². The number of anilines is 1. The van der Waals surface area contributed by atoms with E-state index in [1.807, 2.05) is 103 Å². The first-order chi connectivity index (χ1) is 20.5. The second-order valence-electron chi connectivity index (χ2n) is 11.1. The monoisotopic (exact) mass is 561 g/mol. The molecule has 42 heavy (non-hydrogen) atoms. The van der Waals surface area contributed by atoms with Gasteiger partial charge in [0.1, 0.15) is 6.04 Å². The van der Waals surface area contributed by atoms with E-state index in [9.17, 15) is 14.7 Å². The molecule has 7 heteroatoms. The van der Waals surface area contributed by atoms with Crippen LogP contribution in [0.5, 0.6) is 0 Å². The molecule has 0 unspecified atom stereocenters. The molecule has 6 rings (SSSR count). The van der Waals surface area contributed by atoms with Gasteiger partial charge in [-0.15, -0.1) is 0 Å². The highest BCUT2D eigenvalue weighted by atomic mass is 16.6. The van der Waals surface area contributed by atoms with Crippen LogP contribution in [0, 0.1) is 0 Å². The molecule has 2 aliphatic rings. The van der Waals surface area contributed by atoms with Crippen LogP contribution in [0.25, 0.3) is 11.1 Å². The Morgan fingerprint density at radius 3 is 2.14 bits per heavy atom. The van der Waals surface area contributed by atoms with E-state index in [2.05, 4.69) is 16.0 Å². The molecule has 4 aromatic rings. The number of amides is 2. The van der Waals surface area contributed by atoms with Gasteiger partial charge in [0.05, 0.1) is 6.10 Å². The van der Waals surface area contributed by atoms with Crippen LogP contribution in [0.4, 0.5) is 10.5 Å². The molecule has 1 fully saturated rings. The number of aliphatic hydroxyl groups excluding tert-OH is 1. The van der Waals surface area contributed by atoms with Crippen LogP contribution < -0.4 is 16.0 Å². The van der Waals surface area contributed by atoms with E-state index >= 15 is 0 Å². The van der Waals surface area contributed by atoms with E-state index in [-0.39, 0.29) is 18.0 Å². The number of benzene rings is 4. The van der Waals surface area contributed by atoms with Crippen molar-refractivity contribution in [3.05, 3.63) is 125 Å². The fraction of sp³-hybridized carbons (Fsp3) is 0.257. The van der Waals surface area contributed by atoms with Gasteiger partial charge in [-0.1, -0.05) is 91.0 Å². The van der Waals surface area contributed by atoms with E-state index in [0.29, 0.717) is 5.69 Å². The van der Waals surface area contributed by atoms with Crippen molar-refractivity contribution in [3.8, 4) is 11.1 Å². The lowest BCUT2D eigenvalue weighted by molar-refractivity contribution is -0.117. The lowest BCUT2D eigenvalue weighted by Gasteiger charge is -2.20. The number of hydrogen-bond donors (Lipinski definition) is 4. The van der Waals surface area contributed by atoms with Crippen molar-refractivity contribution in [1.82, 2.24) is 10.6 Å². The van der Waals surface area contributed by atoms with Crippen molar-refractivity contribution in [1.29, 1.82) is 0 Å². The molecule has 0 spiro atoms. The lowest BCUT2D eigenvalue weighted by atomic mass is 10.0. The maximum absolute atomic E-state index is 12.8. The van der Waals surface area contributed by atoms with Crippen LogP contribution in [0.3, 0.4) is 0 Å². The molecule has 4 N–H and O–H groups in total. The van der Waals surface area contributed by atoms with Gasteiger partial charge in [0, 0.05) is 28.9 Å². The number of aliphatic hydroxyl groups is 1. The van der Waals surface area contributed by atoms with E-state index in [1.165, 1.54) is 0 Å². The molecule has 1 heterocycles. The number of carbonyl (C=O) groups excluding carboxylic acids is 2. The predicted molar refractivity (Wildman–Crippen MR) is 163 cm³/mol. The smallest absolute Gasteiger partial charge is 0.408 e. The number of ether oxygens (including phenoxy) is 1. The number of nitrogens with one attached hydrogen (secondary N) is 3. The maximum atomic E-state index is 12.8. The minimum absolute atomic E-state index is 0.0368. The first kappa shape index (κ1) is 27.7. The van der Waals surface area contributed by atoms with Gasteiger partial charge in [-0.2, -0.15) is 0 Å². The molecule has 0 bridgehead atoms. The molecule has 0 saturated carbocycles. The van der Waals surface area contributed by atoms with Gasteiger partial charge >= 0.3 is 6.09 Å². The average Bonchev–Trinajstić information content (AvgIpc) is 3.61. The van der Waals surface area contributed by atoms with Crippen molar-refractivity contribution < 1.29 is 19.4 Å². The largest absolute Gasteiger partial charge is 0.436 e. The second-order valence-corrected chi connectivity index (χ2v) is 11.1. The first-order valence-corrected chi connectivity index (χ1v) is 14.5.